The molecule has 0 aliphatic rings. The van der Waals surface area contributed by atoms with E-state index in [0.717, 1.165) is 33.4 Å². The number of fused-ring (bicyclic) bond motifs is 6. The predicted octanol–water partition coefficient (Wildman–Crippen LogP) is 15.0. The fourth-order valence-corrected chi connectivity index (χ4v) is 7.48. The smallest absolute Gasteiger partial charge is 0.227 e. The molecule has 4 nitrogen and oxygen atoms in total. The molecule has 0 aliphatic carbocycles. The molecule has 0 aliphatic heterocycles. The monoisotopic (exact) mass is 738 g/mol. The third-order valence-corrected chi connectivity index (χ3v) is 10.2. The van der Waals surface area contributed by atoms with E-state index in [1.165, 1.54) is 0 Å². The van der Waals surface area contributed by atoms with Gasteiger partial charge in [-0.15, -0.1) is 0 Å². The number of hydrogen-bond donors (Lipinski definition) is 0. The Bertz CT molecular complexity index is 3600. The summed E-state index contributed by atoms with van der Waals surface area (Å²) in [5.74, 6) is -0.0493. The molecule has 0 amide bonds. The van der Waals surface area contributed by atoms with Crippen LogP contribution in [0.15, 0.2) is 215 Å². The van der Waals surface area contributed by atoms with Crippen LogP contribution in [0, 0.1) is 0 Å². The lowest BCUT2D eigenvalue weighted by Crippen LogP contribution is -2.11. The quantitative estimate of drug-likeness (QED) is 0.163. The van der Waals surface area contributed by atoms with Gasteiger partial charge in [0, 0.05) is 38.5 Å². The molecule has 0 spiro atoms. The predicted molar refractivity (Wildman–Crippen MR) is 235 cm³/mol. The van der Waals surface area contributed by atoms with E-state index >= 15 is 0 Å². The van der Waals surface area contributed by atoms with E-state index in [0.29, 0.717) is 22.5 Å². The first-order chi connectivity index (χ1) is 31.6. The molecular weight excluding hydrogens is 697 g/mol. The van der Waals surface area contributed by atoms with Gasteiger partial charge in [0.25, 0.3) is 0 Å². The lowest BCUT2D eigenvalue weighted by molar-refractivity contribution is 0.620. The molecule has 4 heteroatoms. The van der Waals surface area contributed by atoms with Gasteiger partial charge in [0.15, 0.2) is 5.58 Å². The number of aromatic nitrogens is 1. The van der Waals surface area contributed by atoms with Crippen LogP contribution >= 0.6 is 0 Å². The van der Waals surface area contributed by atoms with Crippen molar-refractivity contribution in [3.8, 4) is 44.8 Å². The molecule has 268 valence electrons. The number of anilines is 3. The minimum absolute atomic E-state index is 0.00870. The van der Waals surface area contributed by atoms with Gasteiger partial charge >= 0.3 is 0 Å². The maximum absolute atomic E-state index is 10.4. The van der Waals surface area contributed by atoms with Crippen LogP contribution in [0.1, 0.15) is 11.0 Å². The van der Waals surface area contributed by atoms with Crippen molar-refractivity contribution in [2.75, 3.05) is 4.90 Å². The number of oxazole rings is 1. The first kappa shape index (κ1) is 25.4. The van der Waals surface area contributed by atoms with E-state index < -0.39 is 30.2 Å². The summed E-state index contributed by atoms with van der Waals surface area (Å²) in [6, 6.07) is 47.5. The van der Waals surface area contributed by atoms with E-state index in [2.05, 4.69) is 11.1 Å². The van der Waals surface area contributed by atoms with Crippen LogP contribution in [0.5, 0.6) is 0 Å². The van der Waals surface area contributed by atoms with E-state index in [9.17, 15) is 6.85 Å². The highest BCUT2D eigenvalue weighted by atomic mass is 16.3. The average Bonchev–Trinajstić information content (AvgIpc) is 3.97. The molecule has 2 aromatic heterocycles. The molecule has 0 N–H and O–H groups in total. The number of furan rings is 1. The zero-order chi connectivity index (χ0) is 44.7. The minimum atomic E-state index is -0.519. The number of rotatable bonds is 7. The molecule has 0 atom stereocenters. The van der Waals surface area contributed by atoms with Crippen LogP contribution < -0.4 is 4.90 Å². The van der Waals surface area contributed by atoms with Gasteiger partial charge in [0.2, 0.25) is 5.89 Å². The Hall–Kier alpha value is -7.69. The summed E-state index contributed by atoms with van der Waals surface area (Å²) < 4.78 is 87.7. The van der Waals surface area contributed by atoms with Crippen molar-refractivity contribution in [1.82, 2.24) is 4.98 Å². The molecule has 0 saturated heterocycles. The SMILES string of the molecule is [2H]c1c(-c2nc3ccccc3o2)c([2H])c2c(oc3c4c([2H])c([2H])c([2H])c([2H])c4c(N(c4ccc(-c5ccccc5)cc4)c4cc(-c5ccccc5)cc(-c5ccccc5)c4)c([2H])c32)c1[2H]. The second kappa shape index (κ2) is 13.6. The average molecular weight is 739 g/mol. The second-order valence-electron chi connectivity index (χ2n) is 13.7. The van der Waals surface area contributed by atoms with Crippen molar-refractivity contribution in [3.05, 3.63) is 206 Å². The topological polar surface area (TPSA) is 42.4 Å². The Balaban J connectivity index is 1.30. The molecule has 0 fully saturated rings. The maximum Gasteiger partial charge on any atom is 0.227 e. The summed E-state index contributed by atoms with van der Waals surface area (Å²) in [4.78, 5) is 6.42. The van der Waals surface area contributed by atoms with E-state index in [4.69, 9.17) is 12.9 Å². The summed E-state index contributed by atoms with van der Waals surface area (Å²) in [5, 5.41) is 0.0303. The van der Waals surface area contributed by atoms with Gasteiger partial charge in [-0.2, -0.15) is 0 Å². The molecule has 0 unspecified atom stereocenters. The fraction of sp³-hybridized carbons (Fsp3) is 0. The molecular formula is C53H34N2O2. The number of para-hydroxylation sites is 2. The third kappa shape index (κ3) is 5.83. The van der Waals surface area contributed by atoms with Gasteiger partial charge in [0.1, 0.15) is 16.7 Å². The van der Waals surface area contributed by atoms with Crippen LogP contribution in [0.25, 0.3) is 88.6 Å². The van der Waals surface area contributed by atoms with Crippen LogP contribution in [0.2, 0.25) is 0 Å². The maximum atomic E-state index is 10.4. The molecule has 11 aromatic rings. The van der Waals surface area contributed by atoms with Crippen molar-refractivity contribution in [2.24, 2.45) is 0 Å². The van der Waals surface area contributed by atoms with Gasteiger partial charge < -0.3 is 13.7 Å². The second-order valence-corrected chi connectivity index (χ2v) is 13.7. The van der Waals surface area contributed by atoms with Crippen molar-refractivity contribution in [1.29, 1.82) is 0 Å². The van der Waals surface area contributed by atoms with Gasteiger partial charge in [-0.25, -0.2) is 4.98 Å². The highest BCUT2D eigenvalue weighted by molar-refractivity contribution is 6.20. The van der Waals surface area contributed by atoms with Crippen LogP contribution in [-0.2, 0) is 0 Å². The fourth-order valence-electron chi connectivity index (χ4n) is 7.48. The highest BCUT2D eigenvalue weighted by Gasteiger charge is 2.22. The Morgan fingerprint density at radius 2 is 1.02 bits per heavy atom. The molecule has 57 heavy (non-hydrogen) atoms. The zero-order valence-corrected chi connectivity index (χ0v) is 30.2. The largest absolute Gasteiger partial charge is 0.455 e. The third-order valence-electron chi connectivity index (χ3n) is 10.2. The van der Waals surface area contributed by atoms with Crippen molar-refractivity contribution in [2.45, 2.75) is 0 Å². The Labute approximate surface area is 340 Å². The number of hydrogen-bond acceptors (Lipinski definition) is 4. The van der Waals surface area contributed by atoms with Gasteiger partial charge in [-0.05, 0) is 100 Å². The standard InChI is InChI=1S/C53H34N2O2/c1-4-14-35(15-5-1)38-24-27-42(28-25-38)55(43-31-40(36-16-6-2-7-17-36)30-41(32-43)37-18-8-3-9-19-37)49-34-47-46-33-39(53-54-48-22-12-13-23-51(48)57-53)26-29-50(46)56-52(47)45-21-11-10-20-44(45)49/h1-34H/i10D,11D,20D,21D,26D,29D,33D,34D. The van der Waals surface area contributed by atoms with E-state index in [1.807, 2.05) is 132 Å². The first-order valence-electron chi connectivity index (χ1n) is 22.5. The number of nitrogens with zero attached hydrogens (tertiary/aromatic N) is 2. The van der Waals surface area contributed by atoms with Crippen molar-refractivity contribution in [3.63, 3.8) is 0 Å². The zero-order valence-electron chi connectivity index (χ0n) is 38.2. The lowest BCUT2D eigenvalue weighted by atomic mass is 9.96. The van der Waals surface area contributed by atoms with Crippen molar-refractivity contribution < 1.29 is 19.8 Å². The highest BCUT2D eigenvalue weighted by Crippen LogP contribution is 2.47. The Morgan fingerprint density at radius 1 is 0.421 bits per heavy atom. The lowest BCUT2D eigenvalue weighted by Gasteiger charge is -2.28. The normalized spacial score (nSPS) is 13.5. The van der Waals surface area contributed by atoms with Crippen LogP contribution in [-0.4, -0.2) is 4.98 Å². The van der Waals surface area contributed by atoms with Gasteiger partial charge in [-0.3, -0.25) is 0 Å². The first-order valence-corrected chi connectivity index (χ1v) is 18.5. The van der Waals surface area contributed by atoms with Crippen LogP contribution in [0.4, 0.5) is 17.1 Å². The number of benzene rings is 9. The molecule has 9 aromatic carbocycles. The molecule has 11 rings (SSSR count). The Morgan fingerprint density at radius 3 is 1.68 bits per heavy atom. The Kier molecular flexibility index (Phi) is 6.04. The molecule has 2 heterocycles. The molecule has 0 bridgehead atoms. The summed E-state index contributed by atoms with van der Waals surface area (Å²) in [6.45, 7) is 0. The summed E-state index contributed by atoms with van der Waals surface area (Å²) >= 11 is 0. The minimum Gasteiger partial charge on any atom is -0.455 e. The van der Waals surface area contributed by atoms with Crippen molar-refractivity contribution >= 4 is 60.9 Å². The summed E-state index contributed by atoms with van der Waals surface area (Å²) in [7, 11) is 0. The van der Waals surface area contributed by atoms with E-state index in [1.54, 1.807) is 24.3 Å². The van der Waals surface area contributed by atoms with Gasteiger partial charge in [-0.1, -0.05) is 139 Å². The van der Waals surface area contributed by atoms with Crippen LogP contribution in [0.3, 0.4) is 0 Å². The summed E-state index contributed by atoms with van der Waals surface area (Å²) in [5.41, 5.74) is 7.35. The van der Waals surface area contributed by atoms with E-state index in [-0.39, 0.29) is 68.0 Å². The van der Waals surface area contributed by atoms with Gasteiger partial charge in [0.05, 0.1) is 16.7 Å². The molecule has 0 saturated carbocycles. The summed E-state index contributed by atoms with van der Waals surface area (Å²) in [6.07, 6.45) is 0. The molecule has 0 radical (unpaired) electrons.